The van der Waals surface area contributed by atoms with Gasteiger partial charge in [-0.1, -0.05) is 25.1 Å². The van der Waals surface area contributed by atoms with Crippen LogP contribution in [0.25, 0.3) is 10.2 Å². The second kappa shape index (κ2) is 9.01. The molecule has 2 aromatic heterocycles. The van der Waals surface area contributed by atoms with Crippen LogP contribution in [0.4, 0.5) is 5.69 Å². The van der Waals surface area contributed by atoms with Crippen molar-refractivity contribution in [3.8, 4) is 0 Å². The summed E-state index contributed by atoms with van der Waals surface area (Å²) in [5.41, 5.74) is 2.62. The number of anilines is 1. The maximum absolute atomic E-state index is 13.0. The summed E-state index contributed by atoms with van der Waals surface area (Å²) in [5, 5.41) is 3.53. The fourth-order valence-electron chi connectivity index (χ4n) is 4.02. The highest BCUT2D eigenvalue weighted by Gasteiger charge is 2.23. The molecule has 0 saturated carbocycles. The Morgan fingerprint density at radius 1 is 1.26 bits per heavy atom. The molecule has 0 bridgehead atoms. The lowest BCUT2D eigenvalue weighted by Crippen LogP contribution is -2.41. The highest BCUT2D eigenvalue weighted by Crippen LogP contribution is 2.34. The maximum atomic E-state index is 13.0. The average Bonchev–Trinajstić information content (AvgIpc) is 3.32. The standard InChI is InChI=1S/C23H26N4O3S/c1-3-11-26(12-19(28)25-17-9-5-4-7-15(17)2)20(29)13-27-14-24-22-21(23(27)30)16-8-6-10-18(16)31-22/h4-5,7,9,14H,3,6,8,10-13H2,1-2H3,(H,25,28). The van der Waals surface area contributed by atoms with Crippen LogP contribution in [0.5, 0.6) is 0 Å². The SMILES string of the molecule is CCCN(CC(=O)Nc1ccccc1C)C(=O)Cn1cnc2sc3c(c2c1=O)CCC3. The summed E-state index contributed by atoms with van der Waals surface area (Å²) in [4.78, 5) is 46.5. The van der Waals surface area contributed by atoms with Crippen molar-refractivity contribution in [1.29, 1.82) is 0 Å². The van der Waals surface area contributed by atoms with Gasteiger partial charge >= 0.3 is 0 Å². The van der Waals surface area contributed by atoms with Gasteiger partial charge in [0, 0.05) is 17.1 Å². The molecular formula is C23H26N4O3S. The third kappa shape index (κ3) is 4.39. The number of rotatable bonds is 7. The first-order chi connectivity index (χ1) is 15.0. The van der Waals surface area contributed by atoms with E-state index in [0.29, 0.717) is 18.4 Å². The number of fused-ring (bicyclic) bond motifs is 3. The van der Waals surface area contributed by atoms with Gasteiger partial charge in [0.25, 0.3) is 5.56 Å². The molecule has 1 aliphatic rings. The van der Waals surface area contributed by atoms with Gasteiger partial charge in [-0.15, -0.1) is 11.3 Å². The van der Waals surface area contributed by atoms with Crippen molar-refractivity contribution < 1.29 is 9.59 Å². The van der Waals surface area contributed by atoms with Crippen molar-refractivity contribution in [3.63, 3.8) is 0 Å². The van der Waals surface area contributed by atoms with Gasteiger partial charge in [-0.25, -0.2) is 4.98 Å². The van der Waals surface area contributed by atoms with Gasteiger partial charge in [-0.2, -0.15) is 0 Å². The van der Waals surface area contributed by atoms with Gasteiger partial charge in [-0.05, 0) is 49.8 Å². The van der Waals surface area contributed by atoms with Gasteiger partial charge in [-0.3, -0.25) is 19.0 Å². The molecule has 0 atom stereocenters. The van der Waals surface area contributed by atoms with Crippen LogP contribution < -0.4 is 10.9 Å². The predicted octanol–water partition coefficient (Wildman–Crippen LogP) is 3.13. The van der Waals surface area contributed by atoms with Gasteiger partial charge < -0.3 is 10.2 Å². The molecular weight excluding hydrogens is 412 g/mol. The zero-order chi connectivity index (χ0) is 22.0. The first kappa shape index (κ1) is 21.2. The Hall–Kier alpha value is -3.00. The van der Waals surface area contributed by atoms with Crippen molar-refractivity contribution >= 4 is 39.1 Å². The lowest BCUT2D eigenvalue weighted by Gasteiger charge is -2.22. The number of benzene rings is 1. The third-order valence-electron chi connectivity index (χ3n) is 5.60. The molecule has 0 unspecified atom stereocenters. The molecule has 4 rings (SSSR count). The maximum Gasteiger partial charge on any atom is 0.262 e. The van der Waals surface area contributed by atoms with Crippen LogP contribution in [-0.2, 0) is 29.0 Å². The van der Waals surface area contributed by atoms with E-state index in [9.17, 15) is 14.4 Å². The summed E-state index contributed by atoms with van der Waals surface area (Å²) >= 11 is 1.58. The van der Waals surface area contributed by atoms with Crippen LogP contribution in [-0.4, -0.2) is 39.4 Å². The molecule has 2 amide bonds. The highest BCUT2D eigenvalue weighted by atomic mass is 32.1. The smallest absolute Gasteiger partial charge is 0.262 e. The Balaban J connectivity index is 1.50. The highest BCUT2D eigenvalue weighted by molar-refractivity contribution is 7.18. The van der Waals surface area contributed by atoms with Crippen LogP contribution in [0.3, 0.4) is 0 Å². The predicted molar refractivity (Wildman–Crippen MR) is 123 cm³/mol. The van der Waals surface area contributed by atoms with E-state index in [1.54, 1.807) is 11.3 Å². The molecule has 162 valence electrons. The molecule has 2 heterocycles. The second-order valence-corrected chi connectivity index (χ2v) is 8.98. The number of amides is 2. The zero-order valence-corrected chi connectivity index (χ0v) is 18.6. The van der Waals surface area contributed by atoms with E-state index in [1.165, 1.54) is 20.7 Å². The second-order valence-electron chi connectivity index (χ2n) is 7.89. The number of nitrogens with zero attached hydrogens (tertiary/aromatic N) is 3. The number of thiophene rings is 1. The number of hydrogen-bond donors (Lipinski definition) is 1. The molecule has 31 heavy (non-hydrogen) atoms. The summed E-state index contributed by atoms with van der Waals surface area (Å²) < 4.78 is 1.37. The Labute approximate surface area is 184 Å². The van der Waals surface area contributed by atoms with Crippen LogP contribution in [0.15, 0.2) is 35.4 Å². The Morgan fingerprint density at radius 3 is 2.84 bits per heavy atom. The first-order valence-corrected chi connectivity index (χ1v) is 11.4. The Morgan fingerprint density at radius 2 is 2.06 bits per heavy atom. The van der Waals surface area contributed by atoms with Gasteiger partial charge in [0.1, 0.15) is 11.4 Å². The van der Waals surface area contributed by atoms with Gasteiger partial charge in [0.15, 0.2) is 0 Å². The van der Waals surface area contributed by atoms with Crippen molar-refractivity contribution in [2.24, 2.45) is 0 Å². The monoisotopic (exact) mass is 438 g/mol. The summed E-state index contributed by atoms with van der Waals surface area (Å²) in [5.74, 6) is -0.524. The van der Waals surface area contributed by atoms with E-state index in [-0.39, 0.29) is 30.5 Å². The number of aryl methyl sites for hydroxylation is 3. The minimum Gasteiger partial charge on any atom is -0.332 e. The topological polar surface area (TPSA) is 84.3 Å². The molecule has 1 aromatic carbocycles. The first-order valence-electron chi connectivity index (χ1n) is 10.6. The number of carbonyl (C=O) groups excluding carboxylic acids is 2. The van der Waals surface area contributed by atoms with Crippen molar-refractivity contribution in [1.82, 2.24) is 14.5 Å². The van der Waals surface area contributed by atoms with E-state index in [4.69, 9.17) is 0 Å². The van der Waals surface area contributed by atoms with E-state index in [1.807, 2.05) is 38.1 Å². The third-order valence-corrected chi connectivity index (χ3v) is 6.80. The van der Waals surface area contributed by atoms with E-state index >= 15 is 0 Å². The number of carbonyl (C=O) groups is 2. The molecule has 0 radical (unpaired) electrons. The zero-order valence-electron chi connectivity index (χ0n) is 17.8. The van der Waals surface area contributed by atoms with Crippen LogP contribution in [0, 0.1) is 6.92 Å². The molecule has 0 aliphatic heterocycles. The molecule has 0 spiro atoms. The molecule has 0 saturated heterocycles. The van der Waals surface area contributed by atoms with E-state index in [0.717, 1.165) is 40.9 Å². The number of para-hydroxylation sites is 1. The summed E-state index contributed by atoms with van der Waals surface area (Å²) in [6.07, 6.45) is 5.12. The lowest BCUT2D eigenvalue weighted by atomic mass is 10.2. The quantitative estimate of drug-likeness (QED) is 0.614. The van der Waals surface area contributed by atoms with Crippen LogP contribution in [0.2, 0.25) is 0 Å². The lowest BCUT2D eigenvalue weighted by molar-refractivity contribution is -0.135. The molecule has 0 fully saturated rings. The molecule has 1 aliphatic carbocycles. The molecule has 8 heteroatoms. The Bertz CT molecular complexity index is 1200. The number of hydrogen-bond acceptors (Lipinski definition) is 5. The van der Waals surface area contributed by atoms with E-state index < -0.39 is 0 Å². The van der Waals surface area contributed by atoms with Crippen LogP contribution in [0.1, 0.15) is 35.8 Å². The van der Waals surface area contributed by atoms with Crippen molar-refractivity contribution in [2.75, 3.05) is 18.4 Å². The summed E-state index contributed by atoms with van der Waals surface area (Å²) in [6, 6.07) is 7.51. The van der Waals surface area contributed by atoms with Crippen molar-refractivity contribution in [3.05, 3.63) is 57.0 Å². The van der Waals surface area contributed by atoms with Crippen molar-refractivity contribution in [2.45, 2.75) is 46.1 Å². The minimum atomic E-state index is -0.267. The molecule has 1 N–H and O–H groups in total. The average molecular weight is 439 g/mol. The molecule has 3 aromatic rings. The minimum absolute atomic E-state index is 0.0563. The summed E-state index contributed by atoms with van der Waals surface area (Å²) in [7, 11) is 0. The number of nitrogens with one attached hydrogen (secondary N) is 1. The van der Waals surface area contributed by atoms with Gasteiger partial charge in [0.2, 0.25) is 11.8 Å². The van der Waals surface area contributed by atoms with Crippen LogP contribution >= 0.6 is 11.3 Å². The normalized spacial score (nSPS) is 12.7. The fraction of sp³-hybridized carbons (Fsp3) is 0.391. The van der Waals surface area contributed by atoms with E-state index in [2.05, 4.69) is 10.3 Å². The van der Waals surface area contributed by atoms with Gasteiger partial charge in [0.05, 0.1) is 18.3 Å². The fourth-order valence-corrected chi connectivity index (χ4v) is 5.24. The Kier molecular flexibility index (Phi) is 6.18. The molecule has 7 nitrogen and oxygen atoms in total. The number of aromatic nitrogens is 2. The largest absolute Gasteiger partial charge is 0.332 e. The summed E-state index contributed by atoms with van der Waals surface area (Å²) in [6.45, 7) is 4.14.